The molecule has 1 aromatic carbocycles. The second-order valence-electron chi connectivity index (χ2n) is 5.92. The Morgan fingerprint density at radius 1 is 1.25 bits per heavy atom. The Bertz CT molecular complexity index is 677. The molecule has 0 aliphatic carbocycles. The fraction of sp³-hybridized carbons (Fsp3) is 0.438. The van der Waals surface area contributed by atoms with Gasteiger partial charge in [0.15, 0.2) is 0 Å². The first-order valence-corrected chi connectivity index (χ1v) is 7.61. The van der Waals surface area contributed by atoms with Crippen molar-refractivity contribution in [3.8, 4) is 5.69 Å². The normalized spacial score (nSPS) is 11.8. The molecule has 0 bridgehead atoms. The highest BCUT2D eigenvalue weighted by Crippen LogP contribution is 2.18. The SMILES string of the molecule is CC(C)Cc1cn(-c2ccc(C(=O)NCCC(F)(F)F)cc2)nn1. The van der Waals surface area contributed by atoms with E-state index >= 15 is 0 Å². The van der Waals surface area contributed by atoms with Gasteiger partial charge in [0.05, 0.1) is 24.0 Å². The molecule has 0 saturated heterocycles. The summed E-state index contributed by atoms with van der Waals surface area (Å²) < 4.78 is 37.8. The topological polar surface area (TPSA) is 59.8 Å². The maximum absolute atomic E-state index is 12.1. The summed E-state index contributed by atoms with van der Waals surface area (Å²) in [6.45, 7) is 3.74. The second-order valence-corrected chi connectivity index (χ2v) is 5.92. The van der Waals surface area contributed by atoms with Crippen molar-refractivity contribution in [1.29, 1.82) is 0 Å². The lowest BCUT2D eigenvalue weighted by Crippen LogP contribution is -2.27. The van der Waals surface area contributed by atoms with Gasteiger partial charge < -0.3 is 5.32 Å². The first-order valence-electron chi connectivity index (χ1n) is 7.61. The lowest BCUT2D eigenvalue weighted by atomic mass is 10.1. The van der Waals surface area contributed by atoms with Crippen LogP contribution in [-0.4, -0.2) is 33.6 Å². The zero-order valence-electron chi connectivity index (χ0n) is 13.5. The Labute approximate surface area is 137 Å². The summed E-state index contributed by atoms with van der Waals surface area (Å²) in [5.74, 6) is -0.0668. The summed E-state index contributed by atoms with van der Waals surface area (Å²) in [6.07, 6.45) is -2.69. The Balaban J connectivity index is 1.97. The number of alkyl halides is 3. The minimum atomic E-state index is -4.28. The quantitative estimate of drug-likeness (QED) is 0.879. The van der Waals surface area contributed by atoms with E-state index < -0.39 is 25.0 Å². The predicted octanol–water partition coefficient (Wildman–Crippen LogP) is 3.15. The largest absolute Gasteiger partial charge is 0.390 e. The molecular weight excluding hydrogens is 321 g/mol. The van der Waals surface area contributed by atoms with E-state index in [-0.39, 0.29) is 0 Å². The maximum Gasteiger partial charge on any atom is 0.390 e. The van der Waals surface area contributed by atoms with Crippen molar-refractivity contribution in [2.24, 2.45) is 5.92 Å². The summed E-state index contributed by atoms with van der Waals surface area (Å²) in [5.41, 5.74) is 1.90. The number of halogens is 3. The molecule has 1 aromatic heterocycles. The predicted molar refractivity (Wildman–Crippen MR) is 82.9 cm³/mol. The highest BCUT2D eigenvalue weighted by molar-refractivity contribution is 5.94. The van der Waals surface area contributed by atoms with Gasteiger partial charge in [-0.15, -0.1) is 5.10 Å². The van der Waals surface area contributed by atoms with Gasteiger partial charge in [-0.2, -0.15) is 13.2 Å². The van der Waals surface area contributed by atoms with Gasteiger partial charge >= 0.3 is 6.18 Å². The molecule has 1 N–H and O–H groups in total. The summed E-state index contributed by atoms with van der Waals surface area (Å²) >= 11 is 0. The van der Waals surface area contributed by atoms with Crippen LogP contribution < -0.4 is 5.32 Å². The van der Waals surface area contributed by atoms with Crippen molar-refractivity contribution >= 4 is 5.91 Å². The van der Waals surface area contributed by atoms with Crippen LogP contribution in [0.1, 0.15) is 36.3 Å². The van der Waals surface area contributed by atoms with Crippen LogP contribution >= 0.6 is 0 Å². The number of aromatic nitrogens is 3. The average molecular weight is 340 g/mol. The molecule has 0 aliphatic rings. The minimum Gasteiger partial charge on any atom is -0.352 e. The number of nitrogens with one attached hydrogen (secondary N) is 1. The number of carbonyl (C=O) groups is 1. The standard InChI is InChI=1S/C16H19F3N4O/c1-11(2)9-13-10-23(22-21-13)14-5-3-12(4-6-14)15(24)20-8-7-16(17,18)19/h3-6,10-11H,7-9H2,1-2H3,(H,20,24). The van der Waals surface area contributed by atoms with E-state index in [0.29, 0.717) is 11.5 Å². The molecule has 8 heteroatoms. The van der Waals surface area contributed by atoms with Crippen LogP contribution in [0.4, 0.5) is 13.2 Å². The summed E-state index contributed by atoms with van der Waals surface area (Å²) in [7, 11) is 0. The highest BCUT2D eigenvalue weighted by Gasteiger charge is 2.26. The number of amides is 1. The van der Waals surface area contributed by atoms with Crippen molar-refractivity contribution in [3.05, 3.63) is 41.7 Å². The Morgan fingerprint density at radius 3 is 2.50 bits per heavy atom. The van der Waals surface area contributed by atoms with Crippen LogP contribution in [0, 0.1) is 5.92 Å². The van der Waals surface area contributed by atoms with E-state index in [4.69, 9.17) is 0 Å². The minimum absolute atomic E-state index is 0.295. The van der Waals surface area contributed by atoms with Crippen LogP contribution in [0.25, 0.3) is 5.69 Å². The third-order valence-electron chi connectivity index (χ3n) is 3.25. The first-order chi connectivity index (χ1) is 11.2. The van der Waals surface area contributed by atoms with Crippen molar-refractivity contribution in [2.45, 2.75) is 32.9 Å². The maximum atomic E-state index is 12.1. The third kappa shape index (κ3) is 5.36. The van der Waals surface area contributed by atoms with Gasteiger partial charge in [0, 0.05) is 12.1 Å². The molecule has 0 aliphatic heterocycles. The van der Waals surface area contributed by atoms with E-state index in [1.54, 1.807) is 28.9 Å². The zero-order valence-corrected chi connectivity index (χ0v) is 13.5. The number of hydrogen-bond donors (Lipinski definition) is 1. The van der Waals surface area contributed by atoms with Crippen LogP contribution in [0.2, 0.25) is 0 Å². The fourth-order valence-corrected chi connectivity index (χ4v) is 2.12. The summed E-state index contributed by atoms with van der Waals surface area (Å²) in [6, 6.07) is 6.43. The molecular formula is C16H19F3N4O. The Hall–Kier alpha value is -2.38. The molecule has 0 atom stereocenters. The fourth-order valence-electron chi connectivity index (χ4n) is 2.12. The van der Waals surface area contributed by atoms with Gasteiger partial charge in [0.2, 0.25) is 0 Å². The Morgan fingerprint density at radius 2 is 1.92 bits per heavy atom. The molecule has 1 heterocycles. The molecule has 0 saturated carbocycles. The molecule has 2 aromatic rings. The second kappa shape index (κ2) is 7.46. The van der Waals surface area contributed by atoms with Crippen LogP contribution in [0.3, 0.4) is 0 Å². The summed E-state index contributed by atoms with van der Waals surface area (Å²) in [5, 5.41) is 10.4. The van der Waals surface area contributed by atoms with Crippen LogP contribution in [0.15, 0.2) is 30.5 Å². The third-order valence-corrected chi connectivity index (χ3v) is 3.25. The van der Waals surface area contributed by atoms with Crippen molar-refractivity contribution < 1.29 is 18.0 Å². The molecule has 1 amide bonds. The number of rotatable bonds is 6. The molecule has 0 radical (unpaired) electrons. The number of carbonyl (C=O) groups excluding carboxylic acids is 1. The van der Waals surface area contributed by atoms with E-state index in [0.717, 1.165) is 17.8 Å². The summed E-state index contributed by atoms with van der Waals surface area (Å²) in [4.78, 5) is 11.8. The lowest BCUT2D eigenvalue weighted by Gasteiger charge is -2.08. The molecule has 0 unspecified atom stereocenters. The smallest absolute Gasteiger partial charge is 0.352 e. The molecule has 0 spiro atoms. The molecule has 2 rings (SSSR count). The van der Waals surface area contributed by atoms with Gasteiger partial charge in [-0.25, -0.2) is 4.68 Å². The van der Waals surface area contributed by atoms with Crippen LogP contribution in [0.5, 0.6) is 0 Å². The molecule has 24 heavy (non-hydrogen) atoms. The van der Waals surface area contributed by atoms with Gasteiger partial charge in [-0.05, 0) is 36.6 Å². The molecule has 5 nitrogen and oxygen atoms in total. The van der Waals surface area contributed by atoms with E-state index in [1.807, 2.05) is 6.20 Å². The number of nitrogens with zero attached hydrogens (tertiary/aromatic N) is 3. The number of benzene rings is 1. The van der Waals surface area contributed by atoms with E-state index in [1.165, 1.54) is 0 Å². The number of hydrogen-bond acceptors (Lipinski definition) is 3. The van der Waals surface area contributed by atoms with Crippen molar-refractivity contribution in [1.82, 2.24) is 20.3 Å². The molecule has 0 fully saturated rings. The van der Waals surface area contributed by atoms with Crippen LogP contribution in [-0.2, 0) is 6.42 Å². The highest BCUT2D eigenvalue weighted by atomic mass is 19.4. The monoisotopic (exact) mass is 340 g/mol. The van der Waals surface area contributed by atoms with Gasteiger partial charge in [-0.3, -0.25) is 4.79 Å². The van der Waals surface area contributed by atoms with Gasteiger partial charge in [0.1, 0.15) is 0 Å². The van der Waals surface area contributed by atoms with Gasteiger partial charge in [-0.1, -0.05) is 19.1 Å². The lowest BCUT2D eigenvalue weighted by molar-refractivity contribution is -0.132. The Kier molecular flexibility index (Phi) is 5.58. The van der Waals surface area contributed by atoms with Gasteiger partial charge in [0.25, 0.3) is 5.91 Å². The van der Waals surface area contributed by atoms with Crippen molar-refractivity contribution in [3.63, 3.8) is 0 Å². The first kappa shape index (κ1) is 18.0. The van der Waals surface area contributed by atoms with Crippen molar-refractivity contribution in [2.75, 3.05) is 6.54 Å². The molecule has 130 valence electrons. The average Bonchev–Trinajstić information content (AvgIpc) is 2.93. The zero-order chi connectivity index (χ0) is 17.7. The van der Waals surface area contributed by atoms with E-state index in [2.05, 4.69) is 29.5 Å². The van der Waals surface area contributed by atoms with E-state index in [9.17, 15) is 18.0 Å².